The fourth-order valence-electron chi connectivity index (χ4n) is 1.91. The van der Waals surface area contributed by atoms with Gasteiger partial charge in [0.2, 0.25) is 4.96 Å². The fourth-order valence-corrected chi connectivity index (χ4v) is 2.83. The van der Waals surface area contributed by atoms with Crippen LogP contribution in [-0.4, -0.2) is 24.8 Å². The van der Waals surface area contributed by atoms with Crippen LogP contribution in [0.5, 0.6) is 0 Å². The van der Waals surface area contributed by atoms with E-state index < -0.39 is 0 Å². The average molecular weight is 259 g/mol. The first-order valence-corrected chi connectivity index (χ1v) is 6.18. The van der Waals surface area contributed by atoms with Crippen molar-refractivity contribution in [3.8, 4) is 11.5 Å². The minimum Gasteiger partial charge on any atom is -0.271 e. The summed E-state index contributed by atoms with van der Waals surface area (Å²) in [6.07, 6.45) is 0. The third kappa shape index (κ3) is 1.17. The molecule has 4 rings (SSSR count). The first kappa shape index (κ1) is 9.20. The quantitative estimate of drug-likeness (QED) is 0.493. The van der Waals surface area contributed by atoms with Crippen molar-refractivity contribution < 1.29 is 0 Å². The zero-order valence-electron chi connectivity index (χ0n) is 8.41. The Balaban J connectivity index is 2.30. The topological polar surface area (TPSA) is 58.9 Å². The van der Waals surface area contributed by atoms with Crippen molar-refractivity contribution in [2.24, 2.45) is 0 Å². The van der Waals surface area contributed by atoms with E-state index in [4.69, 9.17) is 12.2 Å². The van der Waals surface area contributed by atoms with Gasteiger partial charge in [-0.3, -0.25) is 5.10 Å². The molecule has 0 radical (unpaired) electrons. The van der Waals surface area contributed by atoms with Gasteiger partial charge in [0.05, 0.1) is 5.52 Å². The summed E-state index contributed by atoms with van der Waals surface area (Å²) in [5.41, 5.74) is 1.71. The van der Waals surface area contributed by atoms with Crippen LogP contribution in [-0.2, 0) is 0 Å². The molecule has 0 unspecified atom stereocenters. The van der Waals surface area contributed by atoms with Gasteiger partial charge in [0.15, 0.2) is 9.78 Å². The van der Waals surface area contributed by atoms with Crippen molar-refractivity contribution in [1.82, 2.24) is 24.8 Å². The highest BCUT2D eigenvalue weighted by Gasteiger charge is 2.17. The number of rotatable bonds is 0. The van der Waals surface area contributed by atoms with Crippen molar-refractivity contribution in [3.05, 3.63) is 28.2 Å². The highest BCUT2D eigenvalue weighted by molar-refractivity contribution is 7.73. The summed E-state index contributed by atoms with van der Waals surface area (Å²) in [6, 6.07) is 7.88. The summed E-state index contributed by atoms with van der Waals surface area (Å²) in [4.78, 5) is 5.27. The van der Waals surface area contributed by atoms with Crippen molar-refractivity contribution in [1.29, 1.82) is 0 Å². The van der Waals surface area contributed by atoms with Crippen molar-refractivity contribution in [2.75, 3.05) is 0 Å². The van der Waals surface area contributed by atoms with E-state index in [1.54, 1.807) is 4.52 Å². The highest BCUT2D eigenvalue weighted by atomic mass is 32.1. The summed E-state index contributed by atoms with van der Waals surface area (Å²) >= 11 is 6.49. The second-order valence-corrected chi connectivity index (χ2v) is 5.26. The molecular formula is C10H5N5S2. The molecule has 2 aliphatic rings. The maximum absolute atomic E-state index is 5.10. The Morgan fingerprint density at radius 2 is 2.12 bits per heavy atom. The molecule has 0 atom stereocenters. The van der Waals surface area contributed by atoms with Crippen LogP contribution < -0.4 is 0 Å². The molecule has 0 aliphatic carbocycles. The van der Waals surface area contributed by atoms with E-state index in [1.165, 1.54) is 11.3 Å². The summed E-state index contributed by atoms with van der Waals surface area (Å²) in [5.74, 6) is 0.767. The van der Waals surface area contributed by atoms with E-state index in [9.17, 15) is 0 Å². The Morgan fingerprint density at radius 3 is 3.06 bits per heavy atom. The molecule has 0 fully saturated rings. The number of aromatic nitrogens is 5. The number of benzene rings is 1. The molecular weight excluding hydrogens is 254 g/mol. The third-order valence-electron chi connectivity index (χ3n) is 2.62. The van der Waals surface area contributed by atoms with Gasteiger partial charge in [-0.1, -0.05) is 29.5 Å². The standard InChI is InChI=1S/C10H5N5S2/c16-10-14-15-8-7(12-13-9(15)17-10)5-3-1-2-4-6(5)11-8/h1-4H,(H,14,16). The van der Waals surface area contributed by atoms with Crippen LogP contribution in [0, 0.1) is 3.95 Å². The number of nitrogens with zero attached hydrogens (tertiary/aromatic N) is 4. The van der Waals surface area contributed by atoms with Gasteiger partial charge in [-0.15, -0.1) is 10.2 Å². The van der Waals surface area contributed by atoms with Crippen LogP contribution >= 0.6 is 23.6 Å². The normalized spacial score (nSPS) is 11.8. The lowest BCUT2D eigenvalue weighted by Crippen LogP contribution is -1.99. The Hall–Kier alpha value is -1.86. The smallest absolute Gasteiger partial charge is 0.234 e. The van der Waals surface area contributed by atoms with E-state index in [0.717, 1.165) is 27.4 Å². The molecule has 2 aromatic rings. The first-order valence-electron chi connectivity index (χ1n) is 4.95. The maximum atomic E-state index is 5.10. The lowest BCUT2D eigenvalue weighted by Gasteiger charge is -1.97. The predicted octanol–water partition coefficient (Wildman–Crippen LogP) is 2.50. The number of aromatic amines is 1. The summed E-state index contributed by atoms with van der Waals surface area (Å²) in [6.45, 7) is 0. The number of nitrogens with one attached hydrogen (secondary N) is 1. The zero-order chi connectivity index (χ0) is 11.4. The van der Waals surface area contributed by atoms with Crippen LogP contribution in [0.25, 0.3) is 27.4 Å². The van der Waals surface area contributed by atoms with Gasteiger partial charge in [0.1, 0.15) is 5.69 Å². The molecule has 0 amide bonds. The van der Waals surface area contributed by atoms with Gasteiger partial charge in [-0.2, -0.15) is 0 Å². The van der Waals surface area contributed by atoms with Gasteiger partial charge in [0.25, 0.3) is 0 Å². The lowest BCUT2D eigenvalue weighted by atomic mass is 10.2. The second-order valence-electron chi connectivity index (χ2n) is 3.62. The molecule has 3 heterocycles. The maximum Gasteiger partial charge on any atom is 0.234 e. The number of fused-ring (bicyclic) bond motifs is 5. The molecule has 1 N–H and O–H groups in total. The Bertz CT molecular complexity index is 871. The van der Waals surface area contributed by atoms with Gasteiger partial charge in [-0.05, 0) is 18.3 Å². The van der Waals surface area contributed by atoms with Crippen molar-refractivity contribution >= 4 is 39.4 Å². The van der Waals surface area contributed by atoms with Crippen molar-refractivity contribution in [3.63, 3.8) is 0 Å². The molecule has 5 nitrogen and oxygen atoms in total. The predicted molar refractivity (Wildman–Crippen MR) is 68.0 cm³/mol. The number of hydrogen-bond acceptors (Lipinski definition) is 5. The number of H-pyrrole nitrogens is 1. The van der Waals surface area contributed by atoms with Gasteiger partial charge in [-0.25, -0.2) is 9.50 Å². The summed E-state index contributed by atoms with van der Waals surface area (Å²) in [7, 11) is 0. The number of hydrogen-bond donors (Lipinski definition) is 1. The Morgan fingerprint density at radius 1 is 1.24 bits per heavy atom. The van der Waals surface area contributed by atoms with E-state index in [2.05, 4.69) is 20.3 Å². The van der Waals surface area contributed by atoms with E-state index >= 15 is 0 Å². The number of para-hydroxylation sites is 1. The molecule has 82 valence electrons. The molecule has 17 heavy (non-hydrogen) atoms. The van der Waals surface area contributed by atoms with Crippen LogP contribution in [0.4, 0.5) is 0 Å². The summed E-state index contributed by atoms with van der Waals surface area (Å²) in [5, 5.41) is 12.4. The Labute approximate surface area is 104 Å². The first-order chi connectivity index (χ1) is 8.33. The fraction of sp³-hybridized carbons (Fsp3) is 0. The van der Waals surface area contributed by atoms with E-state index in [1.807, 2.05) is 24.3 Å². The van der Waals surface area contributed by atoms with Gasteiger partial charge < -0.3 is 0 Å². The molecule has 0 spiro atoms. The minimum absolute atomic E-state index is 0.666. The van der Waals surface area contributed by atoms with Crippen LogP contribution in [0.2, 0.25) is 0 Å². The van der Waals surface area contributed by atoms with Crippen molar-refractivity contribution in [2.45, 2.75) is 0 Å². The zero-order valence-corrected chi connectivity index (χ0v) is 10.0. The molecule has 1 aromatic carbocycles. The van der Waals surface area contributed by atoms with Crippen LogP contribution in [0.15, 0.2) is 24.3 Å². The SMILES string of the molecule is S=c1[nH]n2c3nc4ccccc4c-3nnc2s1. The molecule has 2 aliphatic heterocycles. The van der Waals surface area contributed by atoms with Crippen LogP contribution in [0.3, 0.4) is 0 Å². The molecule has 7 heteroatoms. The average Bonchev–Trinajstić information content (AvgIpc) is 2.87. The van der Waals surface area contributed by atoms with E-state index in [0.29, 0.717) is 3.95 Å². The van der Waals surface area contributed by atoms with Gasteiger partial charge in [0, 0.05) is 5.39 Å². The molecule has 1 aromatic heterocycles. The monoisotopic (exact) mass is 259 g/mol. The largest absolute Gasteiger partial charge is 0.271 e. The molecule has 0 saturated heterocycles. The van der Waals surface area contributed by atoms with Crippen LogP contribution in [0.1, 0.15) is 0 Å². The van der Waals surface area contributed by atoms with E-state index in [-0.39, 0.29) is 0 Å². The molecule has 0 saturated carbocycles. The van der Waals surface area contributed by atoms with Gasteiger partial charge >= 0.3 is 0 Å². The second kappa shape index (κ2) is 3.08. The minimum atomic E-state index is 0.666. The summed E-state index contributed by atoms with van der Waals surface area (Å²) < 4.78 is 2.45. The Kier molecular flexibility index (Phi) is 1.67. The highest BCUT2D eigenvalue weighted by Crippen LogP contribution is 2.28. The molecule has 0 bridgehead atoms. The third-order valence-corrected chi connectivity index (χ3v) is 3.69. The lowest BCUT2D eigenvalue weighted by molar-refractivity contribution is 0.879.